The zero-order valence-corrected chi connectivity index (χ0v) is 30.7. The minimum Gasteiger partial charge on any atom is -0.340 e. The highest BCUT2D eigenvalue weighted by atomic mass is 15.3. The van der Waals surface area contributed by atoms with Gasteiger partial charge >= 0.3 is 0 Å². The quantitative estimate of drug-likeness (QED) is 0.160. The van der Waals surface area contributed by atoms with Crippen LogP contribution in [0, 0.1) is 0 Å². The van der Waals surface area contributed by atoms with Crippen molar-refractivity contribution in [1.82, 2.24) is 9.80 Å². The van der Waals surface area contributed by atoms with Gasteiger partial charge in [0, 0.05) is 12.4 Å². The lowest BCUT2D eigenvalue weighted by molar-refractivity contribution is 0.321. The standard InChI is InChI=1S/C52H38N4/c1-3-15-39(16-4-1)51-49(53-45-23-11-13-33-55(45)51)37-29-25-35(26-30-37)47-41-19-7-9-21-43(41)48(44-22-10-8-20-42(44)47)36-27-31-38(32-28-36)50-52(40-17-5-2-6-18-40)56-34-14-12-24-46(56)54-50/h1-34,45-46,51-52H. The van der Waals surface area contributed by atoms with Gasteiger partial charge in [-0.25, -0.2) is 0 Å². The fourth-order valence-electron chi connectivity index (χ4n) is 9.17. The van der Waals surface area contributed by atoms with E-state index in [1.54, 1.807) is 0 Å². The van der Waals surface area contributed by atoms with Gasteiger partial charge in [0.05, 0.1) is 23.5 Å². The second kappa shape index (κ2) is 13.4. The molecule has 0 aromatic heterocycles. The number of hydrogen-bond donors (Lipinski definition) is 0. The summed E-state index contributed by atoms with van der Waals surface area (Å²) >= 11 is 0. The molecule has 0 amide bonds. The van der Waals surface area contributed by atoms with Crippen LogP contribution in [-0.2, 0) is 0 Å². The van der Waals surface area contributed by atoms with E-state index in [1.807, 2.05) is 0 Å². The molecule has 4 aliphatic rings. The summed E-state index contributed by atoms with van der Waals surface area (Å²) in [5, 5.41) is 4.97. The first-order valence-electron chi connectivity index (χ1n) is 19.5. The van der Waals surface area contributed by atoms with E-state index in [0.29, 0.717) is 0 Å². The van der Waals surface area contributed by atoms with Crippen molar-refractivity contribution in [2.75, 3.05) is 0 Å². The molecule has 0 radical (unpaired) electrons. The van der Waals surface area contributed by atoms with E-state index in [4.69, 9.17) is 9.98 Å². The monoisotopic (exact) mass is 718 g/mol. The van der Waals surface area contributed by atoms with Crippen molar-refractivity contribution >= 4 is 33.0 Å². The fraction of sp³-hybridized carbons (Fsp3) is 0.0769. The van der Waals surface area contributed by atoms with E-state index in [0.717, 1.165) is 22.6 Å². The van der Waals surface area contributed by atoms with Crippen molar-refractivity contribution in [1.29, 1.82) is 0 Å². The number of allylic oxidation sites excluding steroid dienone is 4. The molecule has 11 rings (SSSR count). The number of fused-ring (bicyclic) bond motifs is 4. The lowest BCUT2D eigenvalue weighted by Gasteiger charge is -2.29. The second-order valence-electron chi connectivity index (χ2n) is 14.8. The van der Waals surface area contributed by atoms with Crippen LogP contribution < -0.4 is 0 Å². The Morgan fingerprint density at radius 3 is 1.05 bits per heavy atom. The maximum absolute atomic E-state index is 5.24. The van der Waals surface area contributed by atoms with E-state index in [2.05, 4.69) is 216 Å². The summed E-state index contributed by atoms with van der Waals surface area (Å²) in [5.74, 6) is 0. The van der Waals surface area contributed by atoms with Crippen LogP contribution in [0.15, 0.2) is 217 Å². The Hall–Kier alpha value is -7.04. The fourth-order valence-corrected chi connectivity index (χ4v) is 9.17. The Balaban J connectivity index is 0.992. The first-order chi connectivity index (χ1) is 27.8. The summed E-state index contributed by atoms with van der Waals surface area (Å²) in [5.41, 5.74) is 11.9. The molecule has 7 aromatic rings. The molecule has 0 saturated heterocycles. The molecular weight excluding hydrogens is 681 g/mol. The second-order valence-corrected chi connectivity index (χ2v) is 14.8. The van der Waals surface area contributed by atoms with Crippen LogP contribution in [0.3, 0.4) is 0 Å². The average molecular weight is 719 g/mol. The molecule has 0 saturated carbocycles. The van der Waals surface area contributed by atoms with Crippen LogP contribution in [0.4, 0.5) is 0 Å². The van der Waals surface area contributed by atoms with Gasteiger partial charge in [-0.15, -0.1) is 0 Å². The Morgan fingerprint density at radius 2 is 0.679 bits per heavy atom. The van der Waals surface area contributed by atoms with Gasteiger partial charge < -0.3 is 9.80 Å². The van der Waals surface area contributed by atoms with Gasteiger partial charge in [0.1, 0.15) is 12.3 Å². The average Bonchev–Trinajstić information content (AvgIpc) is 3.86. The predicted molar refractivity (Wildman–Crippen MR) is 232 cm³/mol. The minimum atomic E-state index is 0.00197. The van der Waals surface area contributed by atoms with Crippen molar-refractivity contribution in [3.8, 4) is 22.3 Å². The van der Waals surface area contributed by atoms with Gasteiger partial charge in [0.2, 0.25) is 0 Å². The maximum atomic E-state index is 5.24. The summed E-state index contributed by atoms with van der Waals surface area (Å²) in [6.45, 7) is 0. The molecular formula is C52H38N4. The molecule has 56 heavy (non-hydrogen) atoms. The van der Waals surface area contributed by atoms with Gasteiger partial charge in [0.25, 0.3) is 0 Å². The molecule has 4 heterocycles. The number of hydrogen-bond acceptors (Lipinski definition) is 4. The van der Waals surface area contributed by atoms with Crippen molar-refractivity contribution in [2.45, 2.75) is 24.4 Å². The topological polar surface area (TPSA) is 31.2 Å². The van der Waals surface area contributed by atoms with Crippen molar-refractivity contribution in [3.63, 3.8) is 0 Å². The van der Waals surface area contributed by atoms with Crippen LogP contribution in [0.1, 0.15) is 34.3 Å². The van der Waals surface area contributed by atoms with Gasteiger partial charge in [0.15, 0.2) is 0 Å². The maximum Gasteiger partial charge on any atom is 0.141 e. The van der Waals surface area contributed by atoms with Crippen LogP contribution in [0.2, 0.25) is 0 Å². The lowest BCUT2D eigenvalue weighted by Crippen LogP contribution is -2.29. The van der Waals surface area contributed by atoms with Gasteiger partial charge in [-0.05, 0) is 90.4 Å². The van der Waals surface area contributed by atoms with Crippen LogP contribution >= 0.6 is 0 Å². The molecule has 0 aliphatic carbocycles. The van der Waals surface area contributed by atoms with E-state index in [9.17, 15) is 0 Å². The molecule has 0 N–H and O–H groups in total. The Morgan fingerprint density at radius 1 is 0.339 bits per heavy atom. The predicted octanol–water partition coefficient (Wildman–Crippen LogP) is 11.8. The summed E-state index contributed by atoms with van der Waals surface area (Å²) in [4.78, 5) is 15.2. The third-order valence-electron chi connectivity index (χ3n) is 11.7. The third kappa shape index (κ3) is 5.29. The first kappa shape index (κ1) is 32.4. The molecule has 4 aliphatic heterocycles. The summed E-state index contributed by atoms with van der Waals surface area (Å²) in [6.07, 6.45) is 17.1. The molecule has 4 nitrogen and oxygen atoms in total. The first-order valence-corrected chi connectivity index (χ1v) is 19.5. The number of rotatable bonds is 6. The highest BCUT2D eigenvalue weighted by Crippen LogP contribution is 2.45. The molecule has 0 bridgehead atoms. The molecule has 4 unspecified atom stereocenters. The van der Waals surface area contributed by atoms with Crippen molar-refractivity contribution < 1.29 is 0 Å². The zero-order valence-electron chi connectivity index (χ0n) is 30.7. The summed E-state index contributed by atoms with van der Waals surface area (Å²) in [7, 11) is 0. The van der Waals surface area contributed by atoms with E-state index in [-0.39, 0.29) is 24.4 Å². The van der Waals surface area contributed by atoms with Crippen LogP contribution in [0.25, 0.3) is 43.8 Å². The van der Waals surface area contributed by atoms with Gasteiger partial charge in [-0.2, -0.15) is 0 Å². The number of benzene rings is 7. The highest BCUT2D eigenvalue weighted by molar-refractivity contribution is 6.21. The molecule has 4 atom stereocenters. The zero-order chi connectivity index (χ0) is 37.0. The van der Waals surface area contributed by atoms with Crippen molar-refractivity contribution in [2.24, 2.45) is 9.98 Å². The Bertz CT molecular complexity index is 2560. The largest absolute Gasteiger partial charge is 0.340 e. The van der Waals surface area contributed by atoms with Gasteiger partial charge in [-0.1, -0.05) is 170 Å². The Labute approximate surface area is 327 Å². The summed E-state index contributed by atoms with van der Waals surface area (Å²) < 4.78 is 0. The smallest absolute Gasteiger partial charge is 0.141 e. The van der Waals surface area contributed by atoms with Crippen LogP contribution in [-0.4, -0.2) is 33.6 Å². The van der Waals surface area contributed by atoms with Crippen molar-refractivity contribution in [3.05, 3.63) is 229 Å². The third-order valence-corrected chi connectivity index (χ3v) is 11.7. The summed E-state index contributed by atoms with van der Waals surface area (Å²) in [6, 6.07) is 57.5. The van der Waals surface area contributed by atoms with E-state index < -0.39 is 0 Å². The van der Waals surface area contributed by atoms with E-state index in [1.165, 1.54) is 54.9 Å². The molecule has 4 heteroatoms. The minimum absolute atomic E-state index is 0.00197. The number of aliphatic imine (C=N–C) groups is 2. The normalized spacial score (nSPS) is 20.7. The molecule has 266 valence electrons. The lowest BCUT2D eigenvalue weighted by atomic mass is 9.85. The molecule has 0 fully saturated rings. The SMILES string of the molecule is C1=CC2N=C(c3ccc(-c4c5ccccc5c(-c5ccc(C6=NC7C=CC=CN7C6c6ccccc6)cc5)c5ccccc45)cc3)C(c3ccccc3)N2C=C1. The highest BCUT2D eigenvalue weighted by Gasteiger charge is 2.37. The Kier molecular flexibility index (Phi) is 7.73. The van der Waals surface area contributed by atoms with Crippen LogP contribution in [0.5, 0.6) is 0 Å². The van der Waals surface area contributed by atoms with E-state index >= 15 is 0 Å². The number of nitrogens with zero attached hydrogens (tertiary/aromatic N) is 4. The van der Waals surface area contributed by atoms with Gasteiger partial charge in [-0.3, -0.25) is 9.98 Å². The molecule has 0 spiro atoms. The molecule has 7 aromatic carbocycles.